The van der Waals surface area contributed by atoms with Crippen LogP contribution in [0.25, 0.3) is 0 Å². The van der Waals surface area contributed by atoms with Crippen molar-refractivity contribution in [2.45, 2.75) is 5.38 Å². The fraction of sp³-hybridized carbons (Fsp3) is 0.286. The molecule has 0 fully saturated rings. The molecule has 0 amide bonds. The SMILES string of the molecule is C=CCOC(=O)/C=C(\N)C(F)(F)Cl. The maximum absolute atomic E-state index is 12.1. The molecule has 3 nitrogen and oxygen atoms in total. The molecule has 0 atom stereocenters. The molecule has 0 spiro atoms. The molecule has 0 unspecified atom stereocenters. The Kier molecular flexibility index (Phi) is 4.40. The Labute approximate surface area is 78.8 Å². The van der Waals surface area contributed by atoms with Crippen molar-refractivity contribution in [2.75, 3.05) is 6.61 Å². The Balaban J connectivity index is 4.22. The van der Waals surface area contributed by atoms with E-state index in [-0.39, 0.29) is 6.61 Å². The van der Waals surface area contributed by atoms with Gasteiger partial charge >= 0.3 is 11.4 Å². The smallest absolute Gasteiger partial charge is 0.362 e. The van der Waals surface area contributed by atoms with Crippen molar-refractivity contribution >= 4 is 17.6 Å². The molecule has 6 heteroatoms. The lowest BCUT2D eigenvalue weighted by atomic mass is 10.4. The summed E-state index contributed by atoms with van der Waals surface area (Å²) in [7, 11) is 0. The first-order valence-electron chi connectivity index (χ1n) is 3.20. The maximum atomic E-state index is 12.1. The fourth-order valence-corrected chi connectivity index (χ4v) is 0.446. The monoisotopic (exact) mass is 211 g/mol. The van der Waals surface area contributed by atoms with Crippen LogP contribution in [0.1, 0.15) is 0 Å². The van der Waals surface area contributed by atoms with Gasteiger partial charge in [0, 0.05) is 6.08 Å². The highest BCUT2D eigenvalue weighted by Gasteiger charge is 2.29. The summed E-state index contributed by atoms with van der Waals surface area (Å²) in [6.45, 7) is 3.18. The molecule has 0 aromatic heterocycles. The summed E-state index contributed by atoms with van der Waals surface area (Å²) in [5.74, 6) is -0.988. The predicted molar refractivity (Wildman–Crippen MR) is 44.2 cm³/mol. The molecule has 0 aromatic carbocycles. The summed E-state index contributed by atoms with van der Waals surface area (Å²) in [5.41, 5.74) is 3.72. The largest absolute Gasteiger partial charge is 0.458 e. The standard InChI is InChI=1S/C7H8ClF2NO2/c1-2-3-13-6(12)4-5(11)7(8,9)10/h2,4H,1,3,11H2/b5-4-. The molecular weight excluding hydrogens is 204 g/mol. The van der Waals surface area contributed by atoms with E-state index in [1.165, 1.54) is 6.08 Å². The van der Waals surface area contributed by atoms with E-state index in [9.17, 15) is 13.6 Å². The summed E-state index contributed by atoms with van der Waals surface area (Å²) in [6.07, 6.45) is 1.72. The molecule has 0 aliphatic heterocycles. The van der Waals surface area contributed by atoms with Crippen molar-refractivity contribution in [3.8, 4) is 0 Å². The topological polar surface area (TPSA) is 52.3 Å². The van der Waals surface area contributed by atoms with Gasteiger partial charge in [0.15, 0.2) is 0 Å². The number of allylic oxidation sites excluding steroid dienone is 1. The van der Waals surface area contributed by atoms with Crippen LogP contribution in [0.5, 0.6) is 0 Å². The second kappa shape index (κ2) is 4.81. The Morgan fingerprint density at radius 2 is 2.23 bits per heavy atom. The number of alkyl halides is 3. The molecule has 0 bridgehead atoms. The normalized spacial score (nSPS) is 12.4. The number of carbonyl (C=O) groups excluding carboxylic acids is 1. The van der Waals surface area contributed by atoms with Crippen LogP contribution in [0.3, 0.4) is 0 Å². The average molecular weight is 212 g/mol. The van der Waals surface area contributed by atoms with E-state index in [2.05, 4.69) is 22.9 Å². The van der Waals surface area contributed by atoms with Gasteiger partial charge in [-0.3, -0.25) is 0 Å². The molecule has 0 heterocycles. The van der Waals surface area contributed by atoms with Crippen LogP contribution in [0.15, 0.2) is 24.4 Å². The zero-order valence-electron chi connectivity index (χ0n) is 6.60. The molecule has 0 aromatic rings. The first kappa shape index (κ1) is 11.9. The lowest BCUT2D eigenvalue weighted by Gasteiger charge is -2.06. The zero-order chi connectivity index (χ0) is 10.5. The second-order valence-electron chi connectivity index (χ2n) is 2.02. The van der Waals surface area contributed by atoms with Crippen LogP contribution in [0.2, 0.25) is 0 Å². The van der Waals surface area contributed by atoms with Gasteiger partial charge in [0.05, 0.1) is 0 Å². The minimum atomic E-state index is -3.73. The van der Waals surface area contributed by atoms with Crippen LogP contribution in [0, 0.1) is 0 Å². The van der Waals surface area contributed by atoms with Crippen molar-refractivity contribution in [3.05, 3.63) is 24.4 Å². The third kappa shape index (κ3) is 5.19. The van der Waals surface area contributed by atoms with Crippen LogP contribution >= 0.6 is 11.6 Å². The predicted octanol–water partition coefficient (Wildman–Crippen LogP) is 1.39. The van der Waals surface area contributed by atoms with E-state index in [4.69, 9.17) is 5.73 Å². The van der Waals surface area contributed by atoms with Gasteiger partial charge < -0.3 is 10.5 Å². The third-order valence-electron chi connectivity index (χ3n) is 0.944. The number of rotatable bonds is 4. The Morgan fingerprint density at radius 3 is 2.62 bits per heavy atom. The minimum absolute atomic E-state index is 0.0729. The average Bonchev–Trinajstić information content (AvgIpc) is 1.99. The van der Waals surface area contributed by atoms with Gasteiger partial charge in [0.25, 0.3) is 0 Å². The molecule has 0 rings (SSSR count). The number of halogens is 3. The lowest BCUT2D eigenvalue weighted by molar-refractivity contribution is -0.136. The van der Waals surface area contributed by atoms with Crippen molar-refractivity contribution in [2.24, 2.45) is 5.73 Å². The highest BCUT2D eigenvalue weighted by Crippen LogP contribution is 2.24. The van der Waals surface area contributed by atoms with Gasteiger partial charge in [0.2, 0.25) is 0 Å². The van der Waals surface area contributed by atoms with Crippen molar-refractivity contribution in [1.82, 2.24) is 0 Å². The summed E-state index contributed by atoms with van der Waals surface area (Å²) in [4.78, 5) is 10.6. The van der Waals surface area contributed by atoms with E-state index in [0.717, 1.165) is 0 Å². The summed E-state index contributed by atoms with van der Waals surface area (Å²) >= 11 is 4.51. The summed E-state index contributed by atoms with van der Waals surface area (Å²) in [5, 5.41) is -3.73. The van der Waals surface area contributed by atoms with Gasteiger partial charge in [0.1, 0.15) is 12.3 Å². The molecular formula is C7H8ClF2NO2. The Bertz CT molecular complexity index is 235. The second-order valence-corrected chi connectivity index (χ2v) is 2.49. The summed E-state index contributed by atoms with van der Waals surface area (Å²) < 4.78 is 28.6. The van der Waals surface area contributed by atoms with E-state index in [0.29, 0.717) is 6.08 Å². The Hall–Kier alpha value is -1.10. The van der Waals surface area contributed by atoms with E-state index in [1.807, 2.05) is 0 Å². The van der Waals surface area contributed by atoms with Gasteiger partial charge in [-0.25, -0.2) is 4.79 Å². The lowest BCUT2D eigenvalue weighted by Crippen LogP contribution is -2.20. The third-order valence-corrected chi connectivity index (χ3v) is 1.16. The van der Waals surface area contributed by atoms with Gasteiger partial charge in [-0.15, -0.1) is 0 Å². The molecule has 13 heavy (non-hydrogen) atoms. The first-order valence-corrected chi connectivity index (χ1v) is 3.57. The van der Waals surface area contributed by atoms with Gasteiger partial charge in [-0.05, 0) is 11.6 Å². The van der Waals surface area contributed by atoms with E-state index < -0.39 is 17.0 Å². The van der Waals surface area contributed by atoms with E-state index in [1.54, 1.807) is 0 Å². The van der Waals surface area contributed by atoms with Crippen LogP contribution < -0.4 is 5.73 Å². The fourth-order valence-electron chi connectivity index (χ4n) is 0.392. The molecule has 0 saturated heterocycles. The molecule has 0 aliphatic carbocycles. The number of carbonyl (C=O) groups is 1. The summed E-state index contributed by atoms with van der Waals surface area (Å²) in [6, 6.07) is 0. The molecule has 0 saturated carbocycles. The number of nitrogens with two attached hydrogens (primary N) is 1. The van der Waals surface area contributed by atoms with Crippen molar-refractivity contribution in [3.63, 3.8) is 0 Å². The Morgan fingerprint density at radius 1 is 1.69 bits per heavy atom. The minimum Gasteiger partial charge on any atom is -0.458 e. The van der Waals surface area contributed by atoms with Crippen LogP contribution in [0.4, 0.5) is 8.78 Å². The first-order chi connectivity index (χ1) is 5.88. The molecule has 2 N–H and O–H groups in total. The zero-order valence-corrected chi connectivity index (χ0v) is 7.35. The highest BCUT2D eigenvalue weighted by atomic mass is 35.5. The number of ether oxygens (including phenoxy) is 1. The van der Waals surface area contributed by atoms with Crippen LogP contribution in [-0.4, -0.2) is 18.0 Å². The molecule has 0 radical (unpaired) electrons. The number of esters is 1. The van der Waals surface area contributed by atoms with Gasteiger partial charge in [-0.1, -0.05) is 12.7 Å². The quantitative estimate of drug-likeness (QED) is 0.331. The van der Waals surface area contributed by atoms with Crippen molar-refractivity contribution in [1.29, 1.82) is 0 Å². The number of hydrogen-bond donors (Lipinski definition) is 1. The van der Waals surface area contributed by atoms with Crippen LogP contribution in [-0.2, 0) is 9.53 Å². The molecule has 74 valence electrons. The maximum Gasteiger partial charge on any atom is 0.362 e. The molecule has 0 aliphatic rings. The van der Waals surface area contributed by atoms with E-state index >= 15 is 0 Å². The van der Waals surface area contributed by atoms with Gasteiger partial charge in [-0.2, -0.15) is 8.78 Å². The highest BCUT2D eigenvalue weighted by molar-refractivity contribution is 6.23. The number of hydrogen-bond acceptors (Lipinski definition) is 3. The van der Waals surface area contributed by atoms with Crippen molar-refractivity contribution < 1.29 is 18.3 Å².